The monoisotopic (exact) mass is 597 g/mol. The summed E-state index contributed by atoms with van der Waals surface area (Å²) in [5.41, 5.74) is 13.4. The molecule has 8 aromatic carbocycles. The Morgan fingerprint density at radius 2 is 0.660 bits per heavy atom. The van der Waals surface area contributed by atoms with Crippen LogP contribution >= 0.6 is 0 Å². The molecule has 47 heavy (non-hydrogen) atoms. The summed E-state index contributed by atoms with van der Waals surface area (Å²) in [6.45, 7) is 0. The van der Waals surface area contributed by atoms with Crippen LogP contribution in [0.15, 0.2) is 188 Å². The molecule has 0 aliphatic heterocycles. The second kappa shape index (κ2) is 11.3. The molecule has 0 unspecified atom stereocenters. The number of aromatic nitrogens is 1. The van der Waals surface area contributed by atoms with Gasteiger partial charge in [0.2, 0.25) is 0 Å². The van der Waals surface area contributed by atoms with Gasteiger partial charge in [-0.3, -0.25) is 0 Å². The van der Waals surface area contributed by atoms with Crippen molar-refractivity contribution in [2.24, 2.45) is 0 Å². The van der Waals surface area contributed by atoms with Crippen LogP contribution in [-0.4, -0.2) is 4.57 Å². The van der Waals surface area contributed by atoms with Gasteiger partial charge >= 0.3 is 0 Å². The van der Waals surface area contributed by atoms with Crippen LogP contribution in [0.1, 0.15) is 0 Å². The van der Waals surface area contributed by atoms with E-state index >= 15 is 0 Å². The highest BCUT2D eigenvalue weighted by atomic mass is 15.0. The zero-order valence-corrected chi connectivity index (χ0v) is 25.8. The number of nitrogens with zero attached hydrogens (tertiary/aromatic N) is 1. The van der Waals surface area contributed by atoms with Crippen molar-refractivity contribution < 1.29 is 0 Å². The van der Waals surface area contributed by atoms with Gasteiger partial charge in [0.25, 0.3) is 0 Å². The fourth-order valence-corrected chi connectivity index (χ4v) is 7.17. The van der Waals surface area contributed by atoms with Gasteiger partial charge in [0, 0.05) is 16.5 Å². The fourth-order valence-electron chi connectivity index (χ4n) is 7.17. The van der Waals surface area contributed by atoms with Crippen molar-refractivity contribution in [2.75, 3.05) is 0 Å². The first kappa shape index (κ1) is 27.2. The summed E-state index contributed by atoms with van der Waals surface area (Å²) < 4.78 is 2.37. The molecule has 0 saturated carbocycles. The second-order valence-corrected chi connectivity index (χ2v) is 12.2. The Hall–Kier alpha value is -6.18. The van der Waals surface area contributed by atoms with Crippen LogP contribution < -0.4 is 0 Å². The highest BCUT2D eigenvalue weighted by molar-refractivity contribution is 6.09. The van der Waals surface area contributed by atoms with E-state index in [4.69, 9.17) is 0 Å². The van der Waals surface area contributed by atoms with Crippen LogP contribution in [-0.2, 0) is 0 Å². The zero-order chi connectivity index (χ0) is 31.2. The second-order valence-electron chi connectivity index (χ2n) is 12.2. The molecular weight excluding hydrogens is 567 g/mol. The number of hydrogen-bond donors (Lipinski definition) is 0. The maximum Gasteiger partial charge on any atom is 0.0541 e. The molecule has 9 aromatic rings. The molecule has 0 saturated heterocycles. The minimum absolute atomic E-state index is 1.17. The van der Waals surface area contributed by atoms with Crippen molar-refractivity contribution in [3.8, 4) is 50.2 Å². The van der Waals surface area contributed by atoms with E-state index in [2.05, 4.69) is 193 Å². The van der Waals surface area contributed by atoms with Gasteiger partial charge < -0.3 is 4.57 Å². The lowest BCUT2D eigenvalue weighted by Crippen LogP contribution is -1.94. The van der Waals surface area contributed by atoms with E-state index in [1.807, 2.05) is 0 Å². The molecule has 0 N–H and O–H groups in total. The van der Waals surface area contributed by atoms with E-state index in [9.17, 15) is 0 Å². The van der Waals surface area contributed by atoms with E-state index in [-0.39, 0.29) is 0 Å². The van der Waals surface area contributed by atoms with Crippen LogP contribution in [0.2, 0.25) is 0 Å². The highest BCUT2D eigenvalue weighted by Crippen LogP contribution is 2.40. The van der Waals surface area contributed by atoms with Gasteiger partial charge in [-0.05, 0) is 97.7 Å². The Labute approximate surface area is 274 Å². The lowest BCUT2D eigenvalue weighted by molar-refractivity contribution is 1.18. The number of rotatable bonds is 5. The van der Waals surface area contributed by atoms with Gasteiger partial charge in [-0.1, -0.05) is 146 Å². The van der Waals surface area contributed by atoms with Gasteiger partial charge in [-0.15, -0.1) is 0 Å². The molecule has 0 bridgehead atoms. The van der Waals surface area contributed by atoms with Crippen molar-refractivity contribution >= 4 is 32.6 Å². The average Bonchev–Trinajstić information content (AvgIpc) is 3.49. The fraction of sp³-hybridized carbons (Fsp3) is 0. The van der Waals surface area contributed by atoms with E-state index < -0.39 is 0 Å². The summed E-state index contributed by atoms with van der Waals surface area (Å²) in [5.74, 6) is 0. The molecule has 220 valence electrons. The van der Waals surface area contributed by atoms with Gasteiger partial charge in [-0.2, -0.15) is 0 Å². The minimum atomic E-state index is 1.17. The number of benzene rings is 8. The number of hydrogen-bond acceptors (Lipinski definition) is 0. The summed E-state index contributed by atoms with van der Waals surface area (Å²) in [6.07, 6.45) is 0. The van der Waals surface area contributed by atoms with Crippen molar-refractivity contribution in [1.29, 1.82) is 0 Å². The van der Waals surface area contributed by atoms with E-state index in [0.29, 0.717) is 0 Å². The Bertz CT molecular complexity index is 2430. The van der Waals surface area contributed by atoms with Crippen LogP contribution in [0, 0.1) is 0 Å². The van der Waals surface area contributed by atoms with Crippen LogP contribution in [0.4, 0.5) is 0 Å². The molecule has 1 nitrogen and oxygen atoms in total. The smallest absolute Gasteiger partial charge is 0.0541 e. The Morgan fingerprint density at radius 3 is 1.17 bits per heavy atom. The molecule has 0 atom stereocenters. The number of fused-ring (bicyclic) bond motifs is 4. The first-order valence-electron chi connectivity index (χ1n) is 16.2. The molecule has 9 rings (SSSR count). The van der Waals surface area contributed by atoms with Gasteiger partial charge in [-0.25, -0.2) is 0 Å². The summed E-state index contributed by atoms with van der Waals surface area (Å²) in [7, 11) is 0. The van der Waals surface area contributed by atoms with Gasteiger partial charge in [0.05, 0.1) is 11.0 Å². The third-order valence-corrected chi connectivity index (χ3v) is 9.40. The molecule has 0 spiro atoms. The zero-order valence-electron chi connectivity index (χ0n) is 25.8. The molecule has 0 radical (unpaired) electrons. The predicted octanol–water partition coefficient (Wildman–Crippen LogP) is 12.6. The number of para-hydroxylation sites is 2. The normalized spacial score (nSPS) is 11.4. The quantitative estimate of drug-likeness (QED) is 0.186. The summed E-state index contributed by atoms with van der Waals surface area (Å²) in [5, 5.41) is 5.06. The van der Waals surface area contributed by atoms with Crippen LogP contribution in [0.5, 0.6) is 0 Å². The van der Waals surface area contributed by atoms with Gasteiger partial charge in [0.15, 0.2) is 0 Å². The topological polar surface area (TPSA) is 4.93 Å². The standard InChI is InChI=1S/C46H31N/c1-3-13-32(14-4-1)35-29-36(33-15-5-2-6-16-33)31-37(30-35)40-28-27-39(41-17-7-8-18-42(40)41)34-23-25-38(26-24-34)47-45-21-11-9-19-43(45)44-20-10-12-22-46(44)47/h1-31H. The van der Waals surface area contributed by atoms with E-state index in [0.717, 1.165) is 0 Å². The van der Waals surface area contributed by atoms with E-state index in [1.54, 1.807) is 0 Å². The predicted molar refractivity (Wildman–Crippen MR) is 200 cm³/mol. The molecule has 0 amide bonds. The Kier molecular flexibility index (Phi) is 6.54. The first-order chi connectivity index (χ1) is 23.3. The Morgan fingerprint density at radius 1 is 0.255 bits per heavy atom. The van der Waals surface area contributed by atoms with Crippen molar-refractivity contribution in [2.45, 2.75) is 0 Å². The summed E-state index contributed by atoms with van der Waals surface area (Å²) in [6, 6.07) is 68.2. The summed E-state index contributed by atoms with van der Waals surface area (Å²) >= 11 is 0. The first-order valence-corrected chi connectivity index (χ1v) is 16.2. The van der Waals surface area contributed by atoms with Crippen molar-refractivity contribution in [3.63, 3.8) is 0 Å². The molecule has 1 heterocycles. The lowest BCUT2D eigenvalue weighted by atomic mass is 9.89. The van der Waals surface area contributed by atoms with E-state index in [1.165, 1.54) is 82.8 Å². The highest BCUT2D eigenvalue weighted by Gasteiger charge is 2.14. The van der Waals surface area contributed by atoms with Crippen molar-refractivity contribution in [3.05, 3.63) is 188 Å². The van der Waals surface area contributed by atoms with Gasteiger partial charge in [0.1, 0.15) is 0 Å². The van der Waals surface area contributed by atoms with Crippen LogP contribution in [0.25, 0.3) is 82.8 Å². The Balaban J connectivity index is 1.17. The summed E-state index contributed by atoms with van der Waals surface area (Å²) in [4.78, 5) is 0. The molecule has 1 heteroatoms. The molecule has 1 aromatic heterocycles. The average molecular weight is 598 g/mol. The van der Waals surface area contributed by atoms with Crippen molar-refractivity contribution in [1.82, 2.24) is 4.57 Å². The lowest BCUT2D eigenvalue weighted by Gasteiger charge is -2.15. The SMILES string of the molecule is c1ccc(-c2cc(-c3ccccc3)cc(-c3ccc(-c4ccc(-n5c6ccccc6c6ccccc65)cc4)c4ccccc34)c2)cc1. The molecular formula is C46H31N. The third kappa shape index (κ3) is 4.72. The maximum absolute atomic E-state index is 2.37. The largest absolute Gasteiger partial charge is 0.309 e. The molecule has 0 aliphatic carbocycles. The third-order valence-electron chi connectivity index (χ3n) is 9.40. The van der Waals surface area contributed by atoms with Crippen LogP contribution in [0.3, 0.4) is 0 Å². The molecule has 0 aliphatic rings. The molecule has 0 fully saturated rings. The maximum atomic E-state index is 2.37. The minimum Gasteiger partial charge on any atom is -0.309 e.